The summed E-state index contributed by atoms with van der Waals surface area (Å²) in [6.07, 6.45) is 0. The third kappa shape index (κ3) is 1.86. The molecule has 2 N–H and O–H groups in total. The van der Waals surface area contributed by atoms with Crippen molar-refractivity contribution in [3.63, 3.8) is 0 Å². The highest BCUT2D eigenvalue weighted by molar-refractivity contribution is 7.10. The molecule has 5 heteroatoms. The Morgan fingerprint density at radius 3 is 2.31 bits per heavy atom. The number of aromatic hydroxyl groups is 2. The molecule has 0 atom stereocenters. The molecule has 2 heterocycles. The first kappa shape index (κ1) is 10.9. The highest BCUT2D eigenvalue weighted by atomic mass is 32.1. The minimum absolute atomic E-state index is 0.216. The van der Waals surface area contributed by atoms with Crippen LogP contribution in [0.3, 0.4) is 0 Å². The molecule has 16 heavy (non-hydrogen) atoms. The molecule has 0 saturated heterocycles. The lowest BCUT2D eigenvalue weighted by Crippen LogP contribution is -2.20. The zero-order valence-electron chi connectivity index (χ0n) is 9.01. The van der Waals surface area contributed by atoms with Gasteiger partial charge in [-0.1, -0.05) is 6.07 Å². The molecule has 2 aromatic rings. The second-order valence-electron chi connectivity index (χ2n) is 4.01. The van der Waals surface area contributed by atoms with E-state index in [2.05, 4.69) is 9.97 Å². The van der Waals surface area contributed by atoms with E-state index in [1.54, 1.807) is 11.3 Å². The van der Waals surface area contributed by atoms with Gasteiger partial charge in [-0.25, -0.2) is 0 Å². The fourth-order valence-corrected chi connectivity index (χ4v) is 2.29. The average molecular weight is 236 g/mol. The predicted molar refractivity (Wildman–Crippen MR) is 61.8 cm³/mol. The average Bonchev–Trinajstić information content (AvgIpc) is 2.69. The van der Waals surface area contributed by atoms with Gasteiger partial charge < -0.3 is 10.2 Å². The van der Waals surface area contributed by atoms with Crippen LogP contribution in [0.5, 0.6) is 11.8 Å². The SMILES string of the molecule is CC(C)(c1nc(O)cc(O)n1)c1cccs1. The summed E-state index contributed by atoms with van der Waals surface area (Å²) in [6, 6.07) is 5.05. The first-order chi connectivity index (χ1) is 7.50. The van der Waals surface area contributed by atoms with Gasteiger partial charge in [0, 0.05) is 4.88 Å². The van der Waals surface area contributed by atoms with Crippen molar-refractivity contribution in [3.05, 3.63) is 34.3 Å². The van der Waals surface area contributed by atoms with Crippen LogP contribution in [0.4, 0.5) is 0 Å². The van der Waals surface area contributed by atoms with Crippen molar-refractivity contribution < 1.29 is 10.2 Å². The van der Waals surface area contributed by atoms with Gasteiger partial charge in [0.15, 0.2) is 0 Å². The Bertz CT molecular complexity index is 474. The standard InChI is InChI=1S/C11H12N2O2S/c1-11(2,7-4-3-5-16-7)10-12-8(14)6-9(15)13-10/h3-6H,1-2H3,(H2,12,13,14,15). The van der Waals surface area contributed by atoms with Crippen LogP contribution in [0.15, 0.2) is 23.6 Å². The lowest BCUT2D eigenvalue weighted by Gasteiger charge is -2.21. The molecule has 0 aromatic carbocycles. The van der Waals surface area contributed by atoms with Crippen LogP contribution in [-0.2, 0) is 5.41 Å². The van der Waals surface area contributed by atoms with Crippen molar-refractivity contribution in [2.24, 2.45) is 0 Å². The monoisotopic (exact) mass is 236 g/mol. The Morgan fingerprint density at radius 1 is 1.19 bits per heavy atom. The molecule has 0 aliphatic heterocycles. The summed E-state index contributed by atoms with van der Waals surface area (Å²) in [5, 5.41) is 20.7. The Kier molecular flexibility index (Phi) is 2.55. The lowest BCUT2D eigenvalue weighted by atomic mass is 9.90. The van der Waals surface area contributed by atoms with Crippen LogP contribution in [0.2, 0.25) is 0 Å². The summed E-state index contributed by atoms with van der Waals surface area (Å²) in [5.41, 5.74) is -0.426. The van der Waals surface area contributed by atoms with Crippen molar-refractivity contribution in [1.29, 1.82) is 0 Å². The maximum absolute atomic E-state index is 9.35. The van der Waals surface area contributed by atoms with E-state index in [0.29, 0.717) is 5.82 Å². The van der Waals surface area contributed by atoms with E-state index in [-0.39, 0.29) is 11.8 Å². The molecule has 0 fully saturated rings. The fourth-order valence-electron chi connectivity index (χ4n) is 1.45. The summed E-state index contributed by atoms with van der Waals surface area (Å²) in [4.78, 5) is 8.99. The second kappa shape index (κ2) is 3.75. The third-order valence-corrected chi connectivity index (χ3v) is 3.59. The van der Waals surface area contributed by atoms with E-state index >= 15 is 0 Å². The van der Waals surface area contributed by atoms with Gasteiger partial charge in [-0.2, -0.15) is 9.97 Å². The summed E-state index contributed by atoms with van der Waals surface area (Å²) in [5.74, 6) is -0.0216. The van der Waals surface area contributed by atoms with Gasteiger partial charge in [0.25, 0.3) is 0 Å². The quantitative estimate of drug-likeness (QED) is 0.839. The molecule has 0 aliphatic rings. The highest BCUT2D eigenvalue weighted by Crippen LogP contribution is 2.33. The molecule has 4 nitrogen and oxygen atoms in total. The summed E-state index contributed by atoms with van der Waals surface area (Å²) in [6.45, 7) is 3.90. The van der Waals surface area contributed by atoms with Crippen molar-refractivity contribution in [2.45, 2.75) is 19.3 Å². The van der Waals surface area contributed by atoms with Crippen LogP contribution >= 0.6 is 11.3 Å². The Labute approximate surface area is 97.3 Å². The van der Waals surface area contributed by atoms with Crippen LogP contribution in [-0.4, -0.2) is 20.2 Å². The number of aromatic nitrogens is 2. The minimum Gasteiger partial charge on any atom is -0.493 e. The molecule has 0 radical (unpaired) electrons. The molecule has 2 rings (SSSR count). The second-order valence-corrected chi connectivity index (χ2v) is 4.96. The van der Waals surface area contributed by atoms with Crippen molar-refractivity contribution in [1.82, 2.24) is 9.97 Å². The minimum atomic E-state index is -0.426. The van der Waals surface area contributed by atoms with Gasteiger partial charge in [0.1, 0.15) is 5.82 Å². The molecule has 0 bridgehead atoms. The van der Waals surface area contributed by atoms with Gasteiger partial charge in [-0.05, 0) is 25.3 Å². The van der Waals surface area contributed by atoms with Gasteiger partial charge >= 0.3 is 0 Å². The zero-order chi connectivity index (χ0) is 11.8. The van der Waals surface area contributed by atoms with Crippen LogP contribution in [0.25, 0.3) is 0 Å². The summed E-state index contributed by atoms with van der Waals surface area (Å²) in [7, 11) is 0. The topological polar surface area (TPSA) is 66.2 Å². The Morgan fingerprint density at radius 2 is 1.81 bits per heavy atom. The molecule has 0 amide bonds. The van der Waals surface area contributed by atoms with Crippen LogP contribution in [0.1, 0.15) is 24.5 Å². The number of hydrogen-bond donors (Lipinski definition) is 2. The van der Waals surface area contributed by atoms with Crippen molar-refractivity contribution in [2.75, 3.05) is 0 Å². The van der Waals surface area contributed by atoms with Crippen LogP contribution < -0.4 is 0 Å². The van der Waals surface area contributed by atoms with Gasteiger partial charge in [0.2, 0.25) is 11.8 Å². The van der Waals surface area contributed by atoms with Gasteiger partial charge in [-0.15, -0.1) is 11.3 Å². The lowest BCUT2D eigenvalue weighted by molar-refractivity contribution is 0.407. The summed E-state index contributed by atoms with van der Waals surface area (Å²) >= 11 is 1.59. The van der Waals surface area contributed by atoms with Crippen molar-refractivity contribution >= 4 is 11.3 Å². The predicted octanol–water partition coefficient (Wildman–Crippen LogP) is 2.28. The zero-order valence-corrected chi connectivity index (χ0v) is 9.82. The normalized spacial score (nSPS) is 11.6. The Balaban J connectivity index is 2.51. The molecular formula is C11H12N2O2S. The first-order valence-electron chi connectivity index (χ1n) is 4.81. The largest absolute Gasteiger partial charge is 0.493 e. The molecule has 0 unspecified atom stereocenters. The number of nitrogens with zero attached hydrogens (tertiary/aromatic N) is 2. The molecule has 2 aromatic heterocycles. The third-order valence-electron chi connectivity index (χ3n) is 2.40. The number of rotatable bonds is 2. The van der Waals surface area contributed by atoms with E-state index < -0.39 is 5.41 Å². The molecule has 84 valence electrons. The maximum atomic E-state index is 9.35. The molecule has 0 aliphatic carbocycles. The Hall–Kier alpha value is -1.62. The molecule has 0 spiro atoms. The smallest absolute Gasteiger partial charge is 0.218 e. The number of hydrogen-bond acceptors (Lipinski definition) is 5. The summed E-state index contributed by atoms with van der Waals surface area (Å²) < 4.78 is 0. The van der Waals surface area contributed by atoms with Gasteiger partial charge in [0.05, 0.1) is 11.5 Å². The van der Waals surface area contributed by atoms with Crippen LogP contribution in [0, 0.1) is 0 Å². The molecular weight excluding hydrogens is 224 g/mol. The highest BCUT2D eigenvalue weighted by Gasteiger charge is 2.28. The van der Waals surface area contributed by atoms with E-state index in [4.69, 9.17) is 0 Å². The maximum Gasteiger partial charge on any atom is 0.218 e. The fraction of sp³-hybridized carbons (Fsp3) is 0.273. The van der Waals surface area contributed by atoms with Crippen molar-refractivity contribution in [3.8, 4) is 11.8 Å². The van der Waals surface area contributed by atoms with E-state index in [0.717, 1.165) is 10.9 Å². The number of thiophene rings is 1. The first-order valence-corrected chi connectivity index (χ1v) is 5.69. The van der Waals surface area contributed by atoms with E-state index in [9.17, 15) is 10.2 Å². The van der Waals surface area contributed by atoms with E-state index in [1.807, 2.05) is 31.4 Å². The van der Waals surface area contributed by atoms with E-state index in [1.165, 1.54) is 0 Å². The molecule has 0 saturated carbocycles. The van der Waals surface area contributed by atoms with Gasteiger partial charge in [-0.3, -0.25) is 0 Å².